The van der Waals surface area contributed by atoms with Crippen LogP contribution in [0.5, 0.6) is 0 Å². The molecule has 9 heavy (non-hydrogen) atoms. The van der Waals surface area contributed by atoms with Crippen LogP contribution in [-0.4, -0.2) is 22.2 Å². The van der Waals surface area contributed by atoms with Gasteiger partial charge in [0.15, 0.2) is 0 Å². The first kappa shape index (κ1) is 15.7. The third-order valence-electron chi connectivity index (χ3n) is 0.183. The van der Waals surface area contributed by atoms with Gasteiger partial charge in [-0.1, -0.05) is 0 Å². The van der Waals surface area contributed by atoms with E-state index < -0.39 is 11.9 Å². The van der Waals surface area contributed by atoms with E-state index in [1.165, 1.54) is 0 Å². The molecule has 0 unspecified atom stereocenters. The van der Waals surface area contributed by atoms with Crippen molar-refractivity contribution in [1.82, 2.24) is 0 Å². The van der Waals surface area contributed by atoms with Crippen molar-refractivity contribution in [3.8, 4) is 0 Å². The summed E-state index contributed by atoms with van der Waals surface area (Å²) in [6.07, 6.45) is 0. The zero-order valence-electron chi connectivity index (χ0n) is 3.96. The van der Waals surface area contributed by atoms with E-state index in [0.29, 0.717) is 0 Å². The molecule has 54 valence electrons. The van der Waals surface area contributed by atoms with Crippen LogP contribution in [-0.2, 0) is 26.7 Å². The maximum Gasteiger partial charge on any atom is 1.00 e. The summed E-state index contributed by atoms with van der Waals surface area (Å²) in [6.45, 7) is 4.75. The van der Waals surface area contributed by atoms with Crippen LogP contribution < -0.4 is 0 Å². The van der Waals surface area contributed by atoms with Crippen LogP contribution in [0.3, 0.4) is 0 Å². The molecule has 5 nitrogen and oxygen atoms in total. The van der Waals surface area contributed by atoms with Gasteiger partial charge in [0.25, 0.3) is 0 Å². The fraction of sp³-hybridized carbons (Fsp3) is 0. The van der Waals surface area contributed by atoms with E-state index in [4.69, 9.17) is 31.6 Å². The molecule has 0 aromatic rings. The maximum absolute atomic E-state index is 9.10. The summed E-state index contributed by atoms with van der Waals surface area (Å²) in [5, 5.41) is 21.0. The smallest absolute Gasteiger partial charge is 0.512 e. The minimum Gasteiger partial charge on any atom is -0.512 e. The Hall–Kier alpha value is -1.05. The van der Waals surface area contributed by atoms with Gasteiger partial charge in [0, 0.05) is 0 Å². The number of hydrogen-bond acceptors (Lipinski definition) is 3. The number of rotatable bonds is 0. The van der Waals surface area contributed by atoms with Crippen LogP contribution in [0.4, 0.5) is 0 Å². The quantitative estimate of drug-likeness (QED) is 0.290. The van der Waals surface area contributed by atoms with Gasteiger partial charge in [-0.25, -0.2) is 9.59 Å². The fourth-order valence-electron chi connectivity index (χ4n) is 0. The Bertz CT molecular complexity index is 108. The van der Waals surface area contributed by atoms with Crippen molar-refractivity contribution in [3.63, 3.8) is 0 Å². The second kappa shape index (κ2) is 10.0. The van der Waals surface area contributed by atoms with Crippen molar-refractivity contribution in [2.24, 2.45) is 0 Å². The average molecular weight is 180 g/mol. The van der Waals surface area contributed by atoms with E-state index in [9.17, 15) is 0 Å². The SMILES string of the molecule is O=C(O)C(=O)O.[C-]#N.[Cu+]. The third-order valence-corrected chi connectivity index (χ3v) is 0.183. The zero-order chi connectivity index (χ0) is 7.15. The van der Waals surface area contributed by atoms with Gasteiger partial charge in [0.2, 0.25) is 0 Å². The van der Waals surface area contributed by atoms with Crippen molar-refractivity contribution in [2.45, 2.75) is 0 Å². The molecule has 0 amide bonds. The van der Waals surface area contributed by atoms with Gasteiger partial charge in [0.1, 0.15) is 0 Å². The molecule has 0 radical (unpaired) electrons. The first-order valence-corrected chi connectivity index (χ1v) is 1.33. The topological polar surface area (TPSA) is 98.4 Å². The van der Waals surface area contributed by atoms with Gasteiger partial charge in [-0.3, -0.25) is 0 Å². The molecule has 0 heterocycles. The fourth-order valence-corrected chi connectivity index (χ4v) is 0. The molecular formula is C3H2CuNO4. The van der Waals surface area contributed by atoms with Crippen LogP contribution in [0.2, 0.25) is 0 Å². The molecular weight excluding hydrogens is 178 g/mol. The molecule has 0 saturated heterocycles. The Morgan fingerprint density at radius 1 is 1.11 bits per heavy atom. The van der Waals surface area contributed by atoms with Crippen LogP contribution in [0.15, 0.2) is 0 Å². The van der Waals surface area contributed by atoms with Crippen molar-refractivity contribution in [2.75, 3.05) is 0 Å². The van der Waals surface area contributed by atoms with E-state index >= 15 is 0 Å². The summed E-state index contributed by atoms with van der Waals surface area (Å²) in [6, 6.07) is 0. The van der Waals surface area contributed by atoms with E-state index in [1.807, 2.05) is 0 Å². The minimum atomic E-state index is -1.82. The molecule has 2 N–H and O–H groups in total. The predicted octanol–water partition coefficient (Wildman–Crippen LogP) is -0.751. The summed E-state index contributed by atoms with van der Waals surface area (Å²) in [7, 11) is 0. The van der Waals surface area contributed by atoms with Crippen LogP contribution in [0, 0.1) is 11.8 Å². The monoisotopic (exact) mass is 179 g/mol. The Labute approximate surface area is 61.4 Å². The molecule has 0 saturated carbocycles. The Balaban J connectivity index is -0.000000109. The molecule has 0 aromatic heterocycles. The summed E-state index contributed by atoms with van der Waals surface area (Å²) in [5.74, 6) is -3.65. The van der Waals surface area contributed by atoms with Crippen LogP contribution in [0.25, 0.3) is 0 Å². The third kappa shape index (κ3) is 19.6. The number of aliphatic carboxylic acids is 2. The van der Waals surface area contributed by atoms with Crippen molar-refractivity contribution >= 4 is 11.9 Å². The number of carboxylic acid groups (broad SMARTS) is 2. The maximum atomic E-state index is 9.10. The molecule has 0 bridgehead atoms. The van der Waals surface area contributed by atoms with Gasteiger partial charge in [-0.15, -0.1) is 0 Å². The Kier molecular flexibility index (Phi) is 17.5. The van der Waals surface area contributed by atoms with E-state index in [-0.39, 0.29) is 17.1 Å². The normalized spacial score (nSPS) is 5.11. The second-order valence-electron chi connectivity index (χ2n) is 0.610. The molecule has 0 aliphatic rings. The molecule has 6 heteroatoms. The molecule has 0 aliphatic carbocycles. The average Bonchev–Trinajstić information content (AvgIpc) is 1.72. The number of carboxylic acids is 2. The zero-order valence-corrected chi connectivity index (χ0v) is 4.90. The van der Waals surface area contributed by atoms with E-state index in [1.54, 1.807) is 0 Å². The Morgan fingerprint density at radius 3 is 1.22 bits per heavy atom. The van der Waals surface area contributed by atoms with Gasteiger partial charge in [-0.05, 0) is 0 Å². The van der Waals surface area contributed by atoms with Crippen LogP contribution in [0.1, 0.15) is 0 Å². The van der Waals surface area contributed by atoms with Gasteiger partial charge in [-0.2, -0.15) is 0 Å². The van der Waals surface area contributed by atoms with Crippen molar-refractivity contribution in [1.29, 1.82) is 5.26 Å². The second-order valence-corrected chi connectivity index (χ2v) is 0.610. The Morgan fingerprint density at radius 2 is 1.22 bits per heavy atom. The van der Waals surface area contributed by atoms with Gasteiger partial charge in [0.05, 0.1) is 0 Å². The molecule has 0 rings (SSSR count). The minimum absolute atomic E-state index is 0. The molecule has 0 fully saturated rings. The summed E-state index contributed by atoms with van der Waals surface area (Å²) in [4.78, 5) is 18.2. The first-order valence-electron chi connectivity index (χ1n) is 1.33. The van der Waals surface area contributed by atoms with Gasteiger partial charge < -0.3 is 22.0 Å². The molecule has 0 spiro atoms. The number of nitrogens with zero attached hydrogens (tertiary/aromatic N) is 1. The molecule has 0 atom stereocenters. The summed E-state index contributed by atoms with van der Waals surface area (Å²) < 4.78 is 0. The first-order chi connectivity index (χ1) is 3.64. The van der Waals surface area contributed by atoms with E-state index in [0.717, 1.165) is 0 Å². The van der Waals surface area contributed by atoms with Crippen LogP contribution >= 0.6 is 0 Å². The largest absolute Gasteiger partial charge is 1.00 e. The molecule has 0 aromatic carbocycles. The number of hydrogen-bond donors (Lipinski definition) is 2. The summed E-state index contributed by atoms with van der Waals surface area (Å²) >= 11 is 0. The van der Waals surface area contributed by atoms with Crippen molar-refractivity contribution in [3.05, 3.63) is 6.57 Å². The van der Waals surface area contributed by atoms with E-state index in [2.05, 4.69) is 0 Å². The predicted molar refractivity (Wildman–Crippen MR) is 20.2 cm³/mol. The van der Waals surface area contributed by atoms with Gasteiger partial charge >= 0.3 is 29.0 Å². The number of carbonyl (C=O) groups is 2. The standard InChI is InChI=1S/C2H2O4.CN.Cu/c3-1(4)2(5)6;1-2;/h(H,3,4)(H,5,6);;/q;-1;+1. The molecule has 0 aliphatic heterocycles. The van der Waals surface area contributed by atoms with Crippen molar-refractivity contribution < 1.29 is 36.9 Å². The summed E-state index contributed by atoms with van der Waals surface area (Å²) in [5.41, 5.74) is 0.